The molecule has 1 saturated heterocycles. The number of hydrogen-bond acceptors (Lipinski definition) is 9. The number of H-pyrrole nitrogens is 1. The van der Waals surface area contributed by atoms with Crippen molar-refractivity contribution in [2.45, 2.75) is 12.4 Å². The summed E-state index contributed by atoms with van der Waals surface area (Å²) in [5, 5.41) is 24.3. The molecule has 0 spiro atoms. The summed E-state index contributed by atoms with van der Waals surface area (Å²) in [6.07, 6.45) is 2.81. The van der Waals surface area contributed by atoms with E-state index in [9.17, 15) is 19.4 Å². The third-order valence-corrected chi connectivity index (χ3v) is 7.59. The number of ether oxygens (including phenoxy) is 1. The van der Waals surface area contributed by atoms with Crippen LogP contribution in [0.2, 0.25) is 0 Å². The van der Waals surface area contributed by atoms with Gasteiger partial charge in [0.2, 0.25) is 0 Å². The van der Waals surface area contributed by atoms with Crippen LogP contribution in [0.15, 0.2) is 41.6 Å². The van der Waals surface area contributed by atoms with Crippen molar-refractivity contribution in [2.75, 3.05) is 57.6 Å². The lowest BCUT2D eigenvalue weighted by Gasteiger charge is -2.37. The number of nitrogens with zero attached hydrogens (tertiary/aromatic N) is 5. The predicted octanol–water partition coefficient (Wildman–Crippen LogP) is 2.56. The lowest BCUT2D eigenvalue weighted by Crippen LogP contribution is -2.46. The zero-order valence-corrected chi connectivity index (χ0v) is 23.3. The molecule has 214 valence electrons. The van der Waals surface area contributed by atoms with Gasteiger partial charge in [0, 0.05) is 68.8 Å². The number of aliphatic hydroxyl groups excluding tert-OH is 1. The minimum atomic E-state index is -1.92. The lowest BCUT2D eigenvalue weighted by molar-refractivity contribution is -0.0435. The van der Waals surface area contributed by atoms with Gasteiger partial charge in [-0.05, 0) is 32.3 Å². The van der Waals surface area contributed by atoms with Crippen LogP contribution in [0.5, 0.6) is 0 Å². The molecule has 0 amide bonds. The molecule has 0 bridgehead atoms. The van der Waals surface area contributed by atoms with Gasteiger partial charge in [0.05, 0.1) is 45.9 Å². The molecule has 1 atom stereocenters. The zero-order chi connectivity index (χ0) is 29.0. The first-order valence-corrected chi connectivity index (χ1v) is 13.3. The van der Waals surface area contributed by atoms with Gasteiger partial charge in [-0.25, -0.2) is 14.4 Å². The van der Waals surface area contributed by atoms with Gasteiger partial charge in [-0.1, -0.05) is 0 Å². The van der Waals surface area contributed by atoms with Crippen LogP contribution < -0.4 is 15.6 Å². The van der Waals surface area contributed by atoms with Crippen molar-refractivity contribution in [2.24, 2.45) is 7.05 Å². The summed E-state index contributed by atoms with van der Waals surface area (Å²) in [5.41, 5.74) is 3.88. The number of aryl methyl sites for hydroxylation is 1. The third kappa shape index (κ3) is 4.68. The number of morpholine rings is 1. The molecular weight excluding hydrogens is 529 g/mol. The van der Waals surface area contributed by atoms with Crippen LogP contribution in [0.4, 0.5) is 15.8 Å². The van der Waals surface area contributed by atoms with Crippen molar-refractivity contribution in [3.05, 3.63) is 58.4 Å². The molecule has 5 aromatic rings. The van der Waals surface area contributed by atoms with Crippen LogP contribution in [0.3, 0.4) is 0 Å². The van der Waals surface area contributed by atoms with E-state index in [-0.39, 0.29) is 22.9 Å². The molecular formula is C29H32FN7O4. The highest BCUT2D eigenvalue weighted by Gasteiger charge is 2.28. The Bertz CT molecular complexity index is 1850. The largest absolute Gasteiger partial charge is 0.386 e. The van der Waals surface area contributed by atoms with Gasteiger partial charge in [-0.2, -0.15) is 0 Å². The highest BCUT2D eigenvalue weighted by atomic mass is 19.1. The Labute approximate surface area is 234 Å². The molecule has 5 heterocycles. The molecule has 0 saturated carbocycles. The molecule has 1 aromatic carbocycles. The van der Waals surface area contributed by atoms with E-state index in [4.69, 9.17) is 9.72 Å². The molecule has 1 aliphatic rings. The average molecular weight is 562 g/mol. The van der Waals surface area contributed by atoms with Gasteiger partial charge >= 0.3 is 0 Å². The van der Waals surface area contributed by atoms with Crippen LogP contribution >= 0.6 is 0 Å². The van der Waals surface area contributed by atoms with Crippen molar-refractivity contribution in [1.82, 2.24) is 24.4 Å². The molecule has 4 aromatic heterocycles. The third-order valence-electron chi connectivity index (χ3n) is 7.59. The van der Waals surface area contributed by atoms with Crippen LogP contribution in [-0.4, -0.2) is 88.1 Å². The van der Waals surface area contributed by atoms with Gasteiger partial charge in [0.15, 0.2) is 11.7 Å². The van der Waals surface area contributed by atoms with Gasteiger partial charge in [-0.15, -0.1) is 0 Å². The number of hydrogen-bond donors (Lipinski definition) is 4. The number of benzene rings is 1. The SMILES string of the molecule is CNc1cc(F)cc2c1[nH]c1ncc(-c3cnc4c(c3)c(=O)c(C(O)O)cn4C)c(N3CCO[C@@H](CN(C)C)C3)c12. The van der Waals surface area contributed by atoms with E-state index in [0.717, 1.165) is 23.1 Å². The Balaban J connectivity index is 1.64. The Morgan fingerprint density at radius 3 is 2.76 bits per heavy atom. The molecule has 0 aliphatic carbocycles. The smallest absolute Gasteiger partial charge is 0.199 e. The highest BCUT2D eigenvalue weighted by molar-refractivity contribution is 6.17. The van der Waals surface area contributed by atoms with E-state index in [0.29, 0.717) is 53.2 Å². The van der Waals surface area contributed by atoms with E-state index in [1.165, 1.54) is 18.3 Å². The molecule has 0 radical (unpaired) electrons. The van der Waals surface area contributed by atoms with Gasteiger partial charge in [-0.3, -0.25) is 4.79 Å². The second-order valence-electron chi connectivity index (χ2n) is 10.7. The topological polar surface area (TPSA) is 132 Å². The Hall–Kier alpha value is -4.10. The highest BCUT2D eigenvalue weighted by Crippen LogP contribution is 2.42. The first-order chi connectivity index (χ1) is 19.7. The molecule has 1 fully saturated rings. The monoisotopic (exact) mass is 561 g/mol. The molecule has 11 nitrogen and oxygen atoms in total. The van der Waals surface area contributed by atoms with Crippen LogP contribution in [0.1, 0.15) is 11.9 Å². The minimum absolute atomic E-state index is 0.0553. The van der Waals surface area contributed by atoms with E-state index in [2.05, 4.69) is 25.1 Å². The Kier molecular flexibility index (Phi) is 6.86. The summed E-state index contributed by atoms with van der Waals surface area (Å²) in [7, 11) is 7.43. The number of anilines is 2. The lowest BCUT2D eigenvalue weighted by atomic mass is 10.0. The van der Waals surface area contributed by atoms with Crippen molar-refractivity contribution in [3.8, 4) is 11.1 Å². The second kappa shape index (κ2) is 10.4. The van der Waals surface area contributed by atoms with E-state index >= 15 is 0 Å². The number of halogens is 1. The first kappa shape index (κ1) is 27.1. The number of aliphatic hydroxyl groups is 2. The number of nitrogens with one attached hydrogen (secondary N) is 2. The van der Waals surface area contributed by atoms with Crippen molar-refractivity contribution in [3.63, 3.8) is 0 Å². The summed E-state index contributed by atoms with van der Waals surface area (Å²) >= 11 is 0. The number of aromatic nitrogens is 4. The minimum Gasteiger partial charge on any atom is -0.386 e. The molecule has 4 N–H and O–H groups in total. The number of likely N-dealkylation sites (N-methyl/N-ethyl adjacent to an activating group) is 1. The summed E-state index contributed by atoms with van der Waals surface area (Å²) in [4.78, 5) is 30.2. The van der Waals surface area contributed by atoms with E-state index < -0.39 is 11.7 Å². The van der Waals surface area contributed by atoms with Gasteiger partial charge in [0.25, 0.3) is 0 Å². The number of rotatable bonds is 6. The summed E-state index contributed by atoms with van der Waals surface area (Å²) < 4.78 is 22.5. The first-order valence-electron chi connectivity index (χ1n) is 13.3. The summed E-state index contributed by atoms with van der Waals surface area (Å²) in [6, 6.07) is 4.65. The van der Waals surface area contributed by atoms with Gasteiger partial charge < -0.3 is 39.6 Å². The van der Waals surface area contributed by atoms with Crippen molar-refractivity contribution < 1.29 is 19.3 Å². The number of pyridine rings is 3. The molecule has 6 rings (SSSR count). The van der Waals surface area contributed by atoms with Crippen molar-refractivity contribution in [1.29, 1.82) is 0 Å². The fraction of sp³-hybridized carbons (Fsp3) is 0.345. The molecule has 12 heteroatoms. The fourth-order valence-corrected chi connectivity index (χ4v) is 5.81. The maximum Gasteiger partial charge on any atom is 0.199 e. The predicted molar refractivity (Wildman–Crippen MR) is 157 cm³/mol. The quantitative estimate of drug-likeness (QED) is 0.231. The molecule has 0 unspecified atom stereocenters. The second-order valence-corrected chi connectivity index (χ2v) is 10.7. The average Bonchev–Trinajstić information content (AvgIpc) is 3.32. The maximum absolute atomic E-state index is 14.9. The standard InChI is InChI=1S/C29H32FN7O4/c1-31-22-9-16(30)8-18-23-25(37-5-6-41-17(13-37)12-35(2)3)20(11-32-27(23)34-24(18)22)15-7-19-26(38)21(29(39)40)14-36(4)28(19)33-10-15/h7-11,14,17,29,31,39-40H,5-6,12-13H2,1-4H3,(H,32,34)/t17-/m0/s1. The van der Waals surface area contributed by atoms with Crippen LogP contribution in [0, 0.1) is 5.82 Å². The van der Waals surface area contributed by atoms with Crippen LogP contribution in [-0.2, 0) is 11.8 Å². The Morgan fingerprint density at radius 1 is 1.22 bits per heavy atom. The van der Waals surface area contributed by atoms with Crippen LogP contribution in [0.25, 0.3) is 44.1 Å². The van der Waals surface area contributed by atoms with E-state index in [1.807, 2.05) is 14.1 Å². The summed E-state index contributed by atoms with van der Waals surface area (Å²) in [6.45, 7) is 2.43. The van der Waals surface area contributed by atoms with E-state index in [1.54, 1.807) is 37.1 Å². The molecule has 41 heavy (non-hydrogen) atoms. The zero-order valence-electron chi connectivity index (χ0n) is 23.3. The normalized spacial score (nSPS) is 16.1. The number of aromatic amines is 1. The fourth-order valence-electron chi connectivity index (χ4n) is 5.81. The maximum atomic E-state index is 14.9. The summed E-state index contributed by atoms with van der Waals surface area (Å²) in [5.74, 6) is -0.377. The Morgan fingerprint density at radius 2 is 2.02 bits per heavy atom. The van der Waals surface area contributed by atoms with Crippen molar-refractivity contribution >= 4 is 44.3 Å². The molecule has 1 aliphatic heterocycles. The number of fused-ring (bicyclic) bond motifs is 4. The van der Waals surface area contributed by atoms with Gasteiger partial charge in [0.1, 0.15) is 17.1 Å².